The Morgan fingerprint density at radius 1 is 1.16 bits per heavy atom. The van der Waals surface area contributed by atoms with Gasteiger partial charge in [0, 0.05) is 60.8 Å². The minimum absolute atomic E-state index is 0.00337. The van der Waals surface area contributed by atoms with Gasteiger partial charge in [-0.05, 0) is 44.0 Å². The van der Waals surface area contributed by atoms with Crippen molar-refractivity contribution in [3.63, 3.8) is 0 Å². The minimum atomic E-state index is -0.136. The second-order valence-corrected chi connectivity index (χ2v) is 8.53. The van der Waals surface area contributed by atoms with Crippen molar-refractivity contribution in [2.24, 2.45) is 5.41 Å². The topological polar surface area (TPSA) is 90.6 Å². The predicted molar refractivity (Wildman–Crippen MR) is 116 cm³/mol. The van der Waals surface area contributed by atoms with E-state index in [0.717, 1.165) is 24.0 Å². The SMILES string of the molecule is COc1cccc(C(=O)N2CC(c3nnc(-c4ccncc4)o3)C3(CCOCC3)C2)c1C. The van der Waals surface area contributed by atoms with E-state index in [-0.39, 0.29) is 17.2 Å². The highest BCUT2D eigenvalue weighted by atomic mass is 16.5. The Labute approximate surface area is 186 Å². The molecule has 5 rings (SSSR count). The highest BCUT2D eigenvalue weighted by molar-refractivity contribution is 5.96. The van der Waals surface area contributed by atoms with E-state index in [1.165, 1.54) is 0 Å². The molecule has 1 spiro atoms. The Bertz CT molecular complexity index is 1110. The van der Waals surface area contributed by atoms with Crippen LogP contribution >= 0.6 is 0 Å². The molecule has 166 valence electrons. The molecular formula is C24H26N4O4. The number of hydrogen-bond acceptors (Lipinski definition) is 7. The third-order valence-electron chi connectivity index (χ3n) is 6.82. The van der Waals surface area contributed by atoms with Gasteiger partial charge in [-0.3, -0.25) is 9.78 Å². The molecule has 32 heavy (non-hydrogen) atoms. The fraction of sp³-hybridized carbons (Fsp3) is 0.417. The van der Waals surface area contributed by atoms with Gasteiger partial charge in [0.05, 0.1) is 13.0 Å². The van der Waals surface area contributed by atoms with Crippen LogP contribution < -0.4 is 4.74 Å². The largest absolute Gasteiger partial charge is 0.496 e. The molecule has 2 aliphatic rings. The van der Waals surface area contributed by atoms with Crippen molar-refractivity contribution in [2.45, 2.75) is 25.7 Å². The molecule has 0 radical (unpaired) electrons. The van der Waals surface area contributed by atoms with Crippen molar-refractivity contribution in [1.29, 1.82) is 0 Å². The first-order valence-electron chi connectivity index (χ1n) is 10.9. The van der Waals surface area contributed by atoms with Crippen molar-refractivity contribution < 1.29 is 18.7 Å². The van der Waals surface area contributed by atoms with Gasteiger partial charge in [-0.15, -0.1) is 10.2 Å². The van der Waals surface area contributed by atoms with E-state index in [1.54, 1.807) is 19.5 Å². The third kappa shape index (κ3) is 3.54. The van der Waals surface area contributed by atoms with E-state index in [1.807, 2.05) is 42.2 Å². The van der Waals surface area contributed by atoms with Crippen LogP contribution in [0.4, 0.5) is 0 Å². The number of rotatable bonds is 4. The van der Waals surface area contributed by atoms with Gasteiger partial charge in [0.1, 0.15) is 5.75 Å². The molecule has 2 fully saturated rings. The normalized spacial score (nSPS) is 19.9. The Hall–Kier alpha value is -3.26. The molecule has 0 N–H and O–H groups in total. The maximum Gasteiger partial charge on any atom is 0.254 e. The lowest BCUT2D eigenvalue weighted by atomic mass is 9.72. The number of benzene rings is 1. The van der Waals surface area contributed by atoms with Gasteiger partial charge >= 0.3 is 0 Å². The number of aromatic nitrogens is 3. The summed E-state index contributed by atoms with van der Waals surface area (Å²) in [6, 6.07) is 9.28. The lowest BCUT2D eigenvalue weighted by Crippen LogP contribution is -2.37. The molecule has 0 aliphatic carbocycles. The third-order valence-corrected chi connectivity index (χ3v) is 6.82. The van der Waals surface area contributed by atoms with Crippen molar-refractivity contribution in [3.05, 3.63) is 59.7 Å². The van der Waals surface area contributed by atoms with Crippen LogP contribution in [0.5, 0.6) is 5.75 Å². The second-order valence-electron chi connectivity index (χ2n) is 8.53. The lowest BCUT2D eigenvalue weighted by molar-refractivity contribution is 0.00907. The maximum absolute atomic E-state index is 13.5. The number of nitrogens with zero attached hydrogens (tertiary/aromatic N) is 4. The van der Waals surface area contributed by atoms with E-state index >= 15 is 0 Å². The van der Waals surface area contributed by atoms with Crippen LogP contribution in [0.3, 0.4) is 0 Å². The van der Waals surface area contributed by atoms with Crippen LogP contribution in [0.15, 0.2) is 47.1 Å². The van der Waals surface area contributed by atoms with Crippen LogP contribution in [0.25, 0.3) is 11.5 Å². The van der Waals surface area contributed by atoms with Crippen LogP contribution in [-0.2, 0) is 4.74 Å². The van der Waals surface area contributed by atoms with E-state index in [9.17, 15) is 4.79 Å². The molecule has 8 nitrogen and oxygen atoms in total. The smallest absolute Gasteiger partial charge is 0.254 e. The highest BCUT2D eigenvalue weighted by Crippen LogP contribution is 2.49. The first kappa shape index (κ1) is 20.6. The van der Waals surface area contributed by atoms with Gasteiger partial charge in [0.2, 0.25) is 11.8 Å². The van der Waals surface area contributed by atoms with Crippen molar-refractivity contribution in [2.75, 3.05) is 33.4 Å². The molecule has 1 unspecified atom stereocenters. The summed E-state index contributed by atoms with van der Waals surface area (Å²) in [5.41, 5.74) is 2.21. The summed E-state index contributed by atoms with van der Waals surface area (Å²) in [5, 5.41) is 8.68. The number of ether oxygens (including phenoxy) is 2. The average molecular weight is 434 g/mol. The zero-order valence-electron chi connectivity index (χ0n) is 18.3. The highest BCUT2D eigenvalue weighted by Gasteiger charge is 2.51. The van der Waals surface area contributed by atoms with Crippen LogP contribution in [-0.4, -0.2) is 59.4 Å². The summed E-state index contributed by atoms with van der Waals surface area (Å²) in [5.74, 6) is 1.73. The van der Waals surface area contributed by atoms with E-state index in [2.05, 4.69) is 15.2 Å². The molecule has 2 aromatic heterocycles. The molecule has 1 amide bonds. The summed E-state index contributed by atoms with van der Waals surface area (Å²) < 4.78 is 17.2. The monoisotopic (exact) mass is 434 g/mol. The van der Waals surface area contributed by atoms with Gasteiger partial charge in [-0.2, -0.15) is 0 Å². The minimum Gasteiger partial charge on any atom is -0.496 e. The van der Waals surface area contributed by atoms with Crippen LogP contribution in [0, 0.1) is 12.3 Å². The van der Waals surface area contributed by atoms with Gasteiger partial charge < -0.3 is 18.8 Å². The fourth-order valence-electron chi connectivity index (χ4n) is 4.97. The van der Waals surface area contributed by atoms with Gasteiger partial charge in [0.25, 0.3) is 5.91 Å². The number of methoxy groups -OCH3 is 1. The number of carbonyl (C=O) groups is 1. The average Bonchev–Trinajstić information content (AvgIpc) is 3.45. The Balaban J connectivity index is 1.46. The first-order chi connectivity index (χ1) is 15.6. The Kier molecular flexibility index (Phi) is 5.38. The zero-order valence-corrected chi connectivity index (χ0v) is 18.3. The summed E-state index contributed by atoms with van der Waals surface area (Å²) in [6.07, 6.45) is 5.11. The quantitative estimate of drug-likeness (QED) is 0.621. The van der Waals surface area contributed by atoms with Crippen molar-refractivity contribution >= 4 is 5.91 Å². The number of hydrogen-bond donors (Lipinski definition) is 0. The molecule has 0 bridgehead atoms. The van der Waals surface area contributed by atoms with Crippen LogP contribution in [0.2, 0.25) is 0 Å². The molecule has 3 aromatic rings. The zero-order chi connectivity index (χ0) is 22.1. The number of pyridine rings is 1. The molecule has 1 aromatic carbocycles. The second kappa shape index (κ2) is 8.35. The van der Waals surface area contributed by atoms with Crippen LogP contribution in [0.1, 0.15) is 40.6 Å². The van der Waals surface area contributed by atoms with Gasteiger partial charge in [-0.1, -0.05) is 6.07 Å². The number of carbonyl (C=O) groups excluding carboxylic acids is 1. The fourth-order valence-corrected chi connectivity index (χ4v) is 4.97. The van der Waals surface area contributed by atoms with Crippen molar-refractivity contribution in [3.8, 4) is 17.2 Å². The molecule has 4 heterocycles. The Morgan fingerprint density at radius 3 is 2.69 bits per heavy atom. The van der Waals surface area contributed by atoms with E-state index in [4.69, 9.17) is 13.9 Å². The van der Waals surface area contributed by atoms with E-state index in [0.29, 0.717) is 49.4 Å². The summed E-state index contributed by atoms with van der Waals surface area (Å²) in [6.45, 7) is 4.43. The lowest BCUT2D eigenvalue weighted by Gasteiger charge is -2.36. The maximum atomic E-state index is 13.5. The van der Waals surface area contributed by atoms with E-state index < -0.39 is 0 Å². The Morgan fingerprint density at radius 2 is 1.94 bits per heavy atom. The van der Waals surface area contributed by atoms with Gasteiger partial charge in [0.15, 0.2) is 0 Å². The molecule has 8 heteroatoms. The molecule has 2 saturated heterocycles. The molecule has 0 saturated carbocycles. The summed E-state index contributed by atoms with van der Waals surface area (Å²) >= 11 is 0. The first-order valence-corrected chi connectivity index (χ1v) is 10.9. The standard InChI is InChI=1S/C24H26N4O4/c1-16-18(4-3-5-20(16)30-2)23(29)28-14-19(24(15-28)8-12-31-13-9-24)22-27-26-21(32-22)17-6-10-25-11-7-17/h3-7,10-11,19H,8-9,12-15H2,1-2H3. The number of likely N-dealkylation sites (tertiary alicyclic amines) is 1. The molecule has 1 atom stereocenters. The van der Waals surface area contributed by atoms with Crippen molar-refractivity contribution in [1.82, 2.24) is 20.1 Å². The summed E-state index contributed by atoms with van der Waals surface area (Å²) in [4.78, 5) is 19.5. The predicted octanol–water partition coefficient (Wildman–Crippen LogP) is 3.49. The van der Waals surface area contributed by atoms with Gasteiger partial charge in [-0.25, -0.2) is 0 Å². The number of amides is 1. The molecular weight excluding hydrogens is 408 g/mol. The molecule has 2 aliphatic heterocycles. The summed E-state index contributed by atoms with van der Waals surface area (Å²) in [7, 11) is 1.62.